The van der Waals surface area contributed by atoms with Gasteiger partial charge in [0.05, 0.1) is 11.1 Å². The summed E-state index contributed by atoms with van der Waals surface area (Å²) >= 11 is 0. The molecule has 0 saturated heterocycles. The Balaban J connectivity index is 2.33. The lowest BCUT2D eigenvalue weighted by molar-refractivity contribution is -0.160. The van der Waals surface area contributed by atoms with Gasteiger partial charge in [0.15, 0.2) is 12.3 Å². The summed E-state index contributed by atoms with van der Waals surface area (Å²) in [6, 6.07) is 4.60. The van der Waals surface area contributed by atoms with Crippen LogP contribution in [0, 0.1) is 0 Å². The van der Waals surface area contributed by atoms with E-state index < -0.39 is 29.4 Å². The van der Waals surface area contributed by atoms with Crippen LogP contribution in [0.5, 0.6) is 0 Å². The number of carbonyl (C=O) groups is 4. The molecule has 1 aliphatic rings. The molecule has 0 aliphatic carbocycles. The molecule has 0 spiro atoms. The summed E-state index contributed by atoms with van der Waals surface area (Å²) in [5, 5.41) is 0. The van der Waals surface area contributed by atoms with Crippen LogP contribution in [0.4, 0.5) is 0 Å². The summed E-state index contributed by atoms with van der Waals surface area (Å²) in [6.45, 7) is 4.90. The van der Waals surface area contributed by atoms with Crippen molar-refractivity contribution in [1.29, 1.82) is 0 Å². The van der Waals surface area contributed by atoms with Gasteiger partial charge in [-0.15, -0.1) is 0 Å². The quantitative estimate of drug-likeness (QED) is 0.361. The maximum atomic E-state index is 12.2. The fraction of sp³-hybridized carbons (Fsp3) is 0.333. The number of nitrogens with zero attached hydrogens (tertiary/aromatic N) is 1. The summed E-state index contributed by atoms with van der Waals surface area (Å²) < 4.78 is 5.08. The lowest BCUT2D eigenvalue weighted by Gasteiger charge is -2.25. The van der Waals surface area contributed by atoms with Crippen LogP contribution >= 0.6 is 0 Å². The Bertz CT molecular complexity index is 594. The molecule has 0 N–H and O–H groups in total. The predicted molar refractivity (Wildman–Crippen MR) is 72.6 cm³/mol. The summed E-state index contributed by atoms with van der Waals surface area (Å²) in [4.78, 5) is 48.3. The Labute approximate surface area is 121 Å². The van der Waals surface area contributed by atoms with E-state index in [2.05, 4.69) is 0 Å². The van der Waals surface area contributed by atoms with Crippen molar-refractivity contribution >= 4 is 24.1 Å². The lowest BCUT2D eigenvalue weighted by Crippen LogP contribution is -2.48. The van der Waals surface area contributed by atoms with Gasteiger partial charge in [-0.05, 0) is 32.9 Å². The second-order valence-corrected chi connectivity index (χ2v) is 5.64. The van der Waals surface area contributed by atoms with Gasteiger partial charge in [0.25, 0.3) is 11.8 Å². The highest BCUT2D eigenvalue weighted by Gasteiger charge is 2.44. The first-order valence-electron chi connectivity index (χ1n) is 6.41. The van der Waals surface area contributed by atoms with Gasteiger partial charge in [-0.2, -0.15) is 0 Å². The zero-order chi connectivity index (χ0) is 15.8. The second kappa shape index (κ2) is 5.12. The van der Waals surface area contributed by atoms with Gasteiger partial charge < -0.3 is 9.53 Å². The van der Waals surface area contributed by atoms with E-state index in [1.165, 1.54) is 12.1 Å². The van der Waals surface area contributed by atoms with Crippen molar-refractivity contribution in [3.05, 3.63) is 35.4 Å². The van der Waals surface area contributed by atoms with E-state index in [1.54, 1.807) is 32.9 Å². The molecule has 1 aliphatic heterocycles. The standard InChI is InChI=1S/C15H15NO5/c1-15(2,3)21-14(20)11(8-17)16-12(18)9-6-4-5-7-10(9)13(16)19/h4-8,11H,1-3H3/t11-/m1/s1. The Morgan fingerprint density at radius 1 is 1.14 bits per heavy atom. The van der Waals surface area contributed by atoms with E-state index in [0.717, 1.165) is 0 Å². The molecule has 0 unspecified atom stereocenters. The van der Waals surface area contributed by atoms with Crippen LogP contribution in [0.1, 0.15) is 41.5 Å². The molecule has 2 rings (SSSR count). The van der Waals surface area contributed by atoms with Gasteiger partial charge in [0.2, 0.25) is 0 Å². The zero-order valence-corrected chi connectivity index (χ0v) is 12.0. The molecule has 0 saturated carbocycles. The number of rotatable bonds is 3. The maximum absolute atomic E-state index is 12.2. The van der Waals surface area contributed by atoms with Gasteiger partial charge >= 0.3 is 5.97 Å². The molecule has 21 heavy (non-hydrogen) atoms. The number of benzene rings is 1. The first kappa shape index (κ1) is 14.9. The van der Waals surface area contributed by atoms with Crippen molar-refractivity contribution in [3.8, 4) is 0 Å². The minimum Gasteiger partial charge on any atom is -0.458 e. The fourth-order valence-electron chi connectivity index (χ4n) is 2.04. The highest BCUT2D eigenvalue weighted by molar-refractivity contribution is 6.24. The van der Waals surface area contributed by atoms with Crippen molar-refractivity contribution in [1.82, 2.24) is 4.90 Å². The third-order valence-electron chi connectivity index (χ3n) is 2.88. The second-order valence-electron chi connectivity index (χ2n) is 5.64. The molecule has 1 heterocycles. The number of imide groups is 1. The van der Waals surface area contributed by atoms with Crippen LogP contribution in [0.25, 0.3) is 0 Å². The van der Waals surface area contributed by atoms with Crippen molar-refractivity contribution in [3.63, 3.8) is 0 Å². The highest BCUT2D eigenvalue weighted by atomic mass is 16.6. The van der Waals surface area contributed by atoms with Crippen molar-refractivity contribution in [2.45, 2.75) is 32.4 Å². The van der Waals surface area contributed by atoms with E-state index in [9.17, 15) is 19.2 Å². The van der Waals surface area contributed by atoms with E-state index in [4.69, 9.17) is 4.74 Å². The molecule has 1 aromatic rings. The molecule has 0 bridgehead atoms. The molecule has 0 fully saturated rings. The van der Waals surface area contributed by atoms with E-state index in [1.807, 2.05) is 0 Å². The average molecular weight is 289 g/mol. The summed E-state index contributed by atoms with van der Waals surface area (Å²) in [5.74, 6) is -2.26. The minimum absolute atomic E-state index is 0.179. The summed E-state index contributed by atoms with van der Waals surface area (Å²) in [6.07, 6.45) is 0.246. The fourth-order valence-corrected chi connectivity index (χ4v) is 2.04. The third kappa shape index (κ3) is 2.69. The minimum atomic E-state index is -1.57. The van der Waals surface area contributed by atoms with Crippen LogP contribution in [0.2, 0.25) is 0 Å². The normalized spacial score (nSPS) is 15.7. The smallest absolute Gasteiger partial charge is 0.337 e. The zero-order valence-electron chi connectivity index (χ0n) is 12.0. The Hall–Kier alpha value is -2.50. The Kier molecular flexibility index (Phi) is 3.63. The van der Waals surface area contributed by atoms with Crippen LogP contribution in [0.15, 0.2) is 24.3 Å². The molecule has 6 heteroatoms. The summed E-state index contributed by atoms with van der Waals surface area (Å²) in [7, 11) is 0. The number of fused-ring (bicyclic) bond motifs is 1. The van der Waals surface area contributed by atoms with Gasteiger partial charge in [-0.3, -0.25) is 14.5 Å². The first-order chi connectivity index (χ1) is 9.76. The average Bonchev–Trinajstić information content (AvgIpc) is 2.64. The lowest BCUT2D eigenvalue weighted by atomic mass is 10.1. The molecular formula is C15H15NO5. The molecule has 2 amide bonds. The number of hydrogen-bond donors (Lipinski definition) is 0. The summed E-state index contributed by atoms with van der Waals surface area (Å²) in [5.41, 5.74) is -0.465. The van der Waals surface area contributed by atoms with Crippen LogP contribution in [-0.2, 0) is 14.3 Å². The largest absolute Gasteiger partial charge is 0.458 e. The predicted octanol–water partition coefficient (Wildman–Crippen LogP) is 1.19. The first-order valence-corrected chi connectivity index (χ1v) is 6.41. The number of esters is 1. The highest BCUT2D eigenvalue weighted by Crippen LogP contribution is 2.25. The molecule has 1 aromatic carbocycles. The SMILES string of the molecule is CC(C)(C)OC(=O)[C@@H](C=O)N1C(=O)c2ccccc2C1=O. The molecule has 0 radical (unpaired) electrons. The van der Waals surface area contributed by atoms with Gasteiger partial charge in [0, 0.05) is 0 Å². The van der Waals surface area contributed by atoms with Crippen molar-refractivity contribution < 1.29 is 23.9 Å². The Morgan fingerprint density at radius 3 is 2.00 bits per heavy atom. The Morgan fingerprint density at radius 2 is 1.62 bits per heavy atom. The van der Waals surface area contributed by atoms with E-state index >= 15 is 0 Å². The van der Waals surface area contributed by atoms with Crippen molar-refractivity contribution in [2.24, 2.45) is 0 Å². The van der Waals surface area contributed by atoms with Gasteiger partial charge in [-0.1, -0.05) is 12.1 Å². The number of hydrogen-bond acceptors (Lipinski definition) is 5. The van der Waals surface area contributed by atoms with Crippen LogP contribution < -0.4 is 0 Å². The topological polar surface area (TPSA) is 80.8 Å². The number of amides is 2. The molecule has 1 atom stereocenters. The number of aldehydes is 1. The maximum Gasteiger partial charge on any atom is 0.337 e. The van der Waals surface area contributed by atoms with Crippen molar-refractivity contribution in [2.75, 3.05) is 0 Å². The monoisotopic (exact) mass is 289 g/mol. The van der Waals surface area contributed by atoms with Crippen LogP contribution in [-0.4, -0.2) is 40.6 Å². The molecule has 0 aromatic heterocycles. The number of ether oxygens (including phenoxy) is 1. The van der Waals surface area contributed by atoms with Gasteiger partial charge in [0.1, 0.15) is 5.60 Å². The number of carbonyl (C=O) groups excluding carboxylic acids is 4. The molecule has 6 nitrogen and oxygen atoms in total. The van der Waals surface area contributed by atoms with E-state index in [-0.39, 0.29) is 17.4 Å². The van der Waals surface area contributed by atoms with E-state index in [0.29, 0.717) is 4.90 Å². The molecule has 110 valence electrons. The van der Waals surface area contributed by atoms with Crippen LogP contribution in [0.3, 0.4) is 0 Å². The van der Waals surface area contributed by atoms with Gasteiger partial charge in [-0.25, -0.2) is 4.79 Å². The molecular weight excluding hydrogens is 274 g/mol. The third-order valence-corrected chi connectivity index (χ3v) is 2.88.